The molecule has 0 amide bonds. The van der Waals surface area contributed by atoms with Gasteiger partial charge in [0.15, 0.2) is 6.10 Å². The van der Waals surface area contributed by atoms with Gasteiger partial charge in [0, 0.05) is 12.1 Å². The normalized spacial score (nSPS) is 12.9. The predicted octanol–water partition coefficient (Wildman–Crippen LogP) is 4.81. The van der Waals surface area contributed by atoms with E-state index in [4.69, 9.17) is 21.1 Å². The van der Waals surface area contributed by atoms with Crippen LogP contribution < -0.4 is 5.32 Å². The number of rotatable bonds is 6. The Morgan fingerprint density at radius 2 is 1.91 bits per heavy atom. The molecule has 1 N–H and O–H groups in total. The highest BCUT2D eigenvalue weighted by Crippen LogP contribution is 2.39. The first-order valence-corrected chi connectivity index (χ1v) is 8.29. The van der Waals surface area contributed by atoms with E-state index in [1.165, 1.54) is 7.11 Å². The molecule has 0 aromatic heterocycles. The number of ether oxygens (including phenoxy) is 2. The van der Waals surface area contributed by atoms with Crippen LogP contribution in [0.5, 0.6) is 0 Å². The summed E-state index contributed by atoms with van der Waals surface area (Å²) in [6.45, 7) is 12.5. The quantitative estimate of drug-likeness (QED) is 0.754. The average Bonchev–Trinajstić information content (AvgIpc) is 2.43. The Labute approximate surface area is 144 Å². The molecule has 1 rings (SSSR count). The number of nitrogens with one attached hydrogen (secondary N) is 1. The van der Waals surface area contributed by atoms with E-state index in [9.17, 15) is 4.79 Å². The minimum atomic E-state index is -0.852. The number of esters is 1. The molecule has 0 radical (unpaired) electrons. The molecule has 0 aliphatic rings. The number of methoxy groups -OCH3 is 1. The van der Waals surface area contributed by atoms with Crippen molar-refractivity contribution in [3.8, 4) is 0 Å². The van der Waals surface area contributed by atoms with Gasteiger partial charge in [-0.05, 0) is 52.2 Å². The molecule has 0 saturated carbocycles. The molecule has 5 heteroatoms. The first-order chi connectivity index (χ1) is 10.6. The molecule has 23 heavy (non-hydrogen) atoms. The molecule has 0 spiro atoms. The van der Waals surface area contributed by atoms with Gasteiger partial charge in [-0.25, -0.2) is 4.79 Å². The maximum absolute atomic E-state index is 12.3. The number of hydrogen-bond donors (Lipinski definition) is 1. The van der Waals surface area contributed by atoms with Gasteiger partial charge in [0.1, 0.15) is 0 Å². The summed E-state index contributed by atoms with van der Waals surface area (Å²) < 4.78 is 10.9. The SMILES string of the molecule is CCCNc1c(C)cc(C)c(C(OC(C)(C)C)C(=O)OC)c1Cl. The number of hydrogen-bond acceptors (Lipinski definition) is 4. The van der Waals surface area contributed by atoms with Crippen LogP contribution in [0.1, 0.15) is 56.9 Å². The molecule has 0 bridgehead atoms. The zero-order valence-corrected chi connectivity index (χ0v) is 15.9. The van der Waals surface area contributed by atoms with Crippen molar-refractivity contribution in [1.82, 2.24) is 0 Å². The number of halogens is 1. The number of aryl methyl sites for hydroxylation is 2. The van der Waals surface area contributed by atoms with E-state index >= 15 is 0 Å². The van der Waals surface area contributed by atoms with Crippen LogP contribution in [0.4, 0.5) is 5.69 Å². The molecule has 4 nitrogen and oxygen atoms in total. The molecular formula is C18H28ClNO3. The smallest absolute Gasteiger partial charge is 0.339 e. The van der Waals surface area contributed by atoms with Crippen molar-refractivity contribution in [2.75, 3.05) is 19.0 Å². The van der Waals surface area contributed by atoms with Gasteiger partial charge in [0.25, 0.3) is 0 Å². The summed E-state index contributed by atoms with van der Waals surface area (Å²) >= 11 is 6.63. The standard InChI is InChI=1S/C18H28ClNO3/c1-8-9-20-15-12(3)10-11(2)13(14(15)19)16(17(21)22-7)23-18(4,5)6/h10,16,20H,8-9H2,1-7H3. The van der Waals surface area contributed by atoms with Crippen molar-refractivity contribution in [3.05, 3.63) is 27.8 Å². The third-order valence-electron chi connectivity index (χ3n) is 3.41. The van der Waals surface area contributed by atoms with Gasteiger partial charge in [-0.1, -0.05) is 24.6 Å². The van der Waals surface area contributed by atoms with Crippen LogP contribution in [0.15, 0.2) is 6.07 Å². The zero-order chi connectivity index (χ0) is 17.8. The van der Waals surface area contributed by atoms with Gasteiger partial charge < -0.3 is 14.8 Å². The highest BCUT2D eigenvalue weighted by Gasteiger charge is 2.32. The number of carbonyl (C=O) groups is 1. The van der Waals surface area contributed by atoms with Crippen molar-refractivity contribution in [3.63, 3.8) is 0 Å². The van der Waals surface area contributed by atoms with Crippen molar-refractivity contribution in [1.29, 1.82) is 0 Å². The fourth-order valence-electron chi connectivity index (χ4n) is 2.43. The van der Waals surface area contributed by atoms with Crippen LogP contribution in [-0.4, -0.2) is 25.2 Å². The van der Waals surface area contributed by atoms with Crippen LogP contribution in [0.3, 0.4) is 0 Å². The van der Waals surface area contributed by atoms with Gasteiger partial charge >= 0.3 is 5.97 Å². The lowest BCUT2D eigenvalue weighted by atomic mass is 9.98. The van der Waals surface area contributed by atoms with Crippen molar-refractivity contribution >= 4 is 23.3 Å². The topological polar surface area (TPSA) is 47.6 Å². The van der Waals surface area contributed by atoms with Crippen LogP contribution >= 0.6 is 11.6 Å². The van der Waals surface area contributed by atoms with E-state index in [0.717, 1.165) is 29.8 Å². The Morgan fingerprint density at radius 3 is 2.39 bits per heavy atom. The second kappa shape index (κ2) is 8.02. The fraction of sp³-hybridized carbons (Fsp3) is 0.611. The summed E-state index contributed by atoms with van der Waals surface area (Å²) in [5, 5.41) is 3.86. The summed E-state index contributed by atoms with van der Waals surface area (Å²) in [6, 6.07) is 2.02. The molecule has 1 aromatic rings. The molecule has 1 atom stereocenters. The molecule has 0 aliphatic carbocycles. The van der Waals surface area contributed by atoms with Crippen molar-refractivity contribution in [2.45, 2.75) is 59.7 Å². The first kappa shape index (κ1) is 19.8. The lowest BCUT2D eigenvalue weighted by Gasteiger charge is -2.28. The largest absolute Gasteiger partial charge is 0.467 e. The van der Waals surface area contributed by atoms with E-state index in [0.29, 0.717) is 10.6 Å². The van der Waals surface area contributed by atoms with Crippen LogP contribution in [-0.2, 0) is 14.3 Å². The van der Waals surface area contributed by atoms with E-state index < -0.39 is 17.7 Å². The monoisotopic (exact) mass is 341 g/mol. The Kier molecular flexibility index (Phi) is 6.90. The van der Waals surface area contributed by atoms with E-state index in [1.54, 1.807) is 0 Å². The van der Waals surface area contributed by atoms with Gasteiger partial charge in [-0.3, -0.25) is 0 Å². The van der Waals surface area contributed by atoms with Gasteiger partial charge in [0.05, 0.1) is 23.4 Å². The highest BCUT2D eigenvalue weighted by atomic mass is 35.5. The Morgan fingerprint density at radius 1 is 1.30 bits per heavy atom. The summed E-state index contributed by atoms with van der Waals surface area (Å²) in [4.78, 5) is 12.3. The maximum atomic E-state index is 12.3. The lowest BCUT2D eigenvalue weighted by Crippen LogP contribution is -2.29. The van der Waals surface area contributed by atoms with E-state index in [-0.39, 0.29) is 0 Å². The molecule has 0 aliphatic heterocycles. The third kappa shape index (κ3) is 5.11. The molecular weight excluding hydrogens is 314 g/mol. The van der Waals surface area contributed by atoms with Gasteiger partial charge in [0.2, 0.25) is 0 Å². The summed E-state index contributed by atoms with van der Waals surface area (Å²) in [5.74, 6) is -0.449. The van der Waals surface area contributed by atoms with Crippen LogP contribution in [0.25, 0.3) is 0 Å². The third-order valence-corrected chi connectivity index (χ3v) is 3.80. The lowest BCUT2D eigenvalue weighted by molar-refractivity contribution is -0.164. The minimum absolute atomic E-state index is 0.449. The summed E-state index contributed by atoms with van der Waals surface area (Å²) in [6.07, 6.45) is 0.132. The molecule has 0 saturated heterocycles. The molecule has 0 fully saturated rings. The minimum Gasteiger partial charge on any atom is -0.467 e. The Balaban J connectivity index is 3.43. The van der Waals surface area contributed by atoms with Crippen molar-refractivity contribution < 1.29 is 14.3 Å². The molecule has 1 unspecified atom stereocenters. The summed E-state index contributed by atoms with van der Waals surface area (Å²) in [5.41, 5.74) is 2.97. The van der Waals surface area contributed by atoms with Crippen LogP contribution in [0.2, 0.25) is 5.02 Å². The average molecular weight is 342 g/mol. The van der Waals surface area contributed by atoms with Gasteiger partial charge in [-0.2, -0.15) is 0 Å². The molecule has 0 heterocycles. The maximum Gasteiger partial charge on any atom is 0.339 e. The predicted molar refractivity (Wildman–Crippen MR) is 95.3 cm³/mol. The Bertz CT molecular complexity index is 564. The Hall–Kier alpha value is -1.26. The second-order valence-corrected chi connectivity index (χ2v) is 7.05. The summed E-state index contributed by atoms with van der Waals surface area (Å²) in [7, 11) is 1.36. The first-order valence-electron chi connectivity index (χ1n) is 7.91. The zero-order valence-electron chi connectivity index (χ0n) is 15.2. The number of anilines is 1. The highest BCUT2D eigenvalue weighted by molar-refractivity contribution is 6.34. The van der Waals surface area contributed by atoms with Gasteiger partial charge in [-0.15, -0.1) is 0 Å². The second-order valence-electron chi connectivity index (χ2n) is 6.67. The van der Waals surface area contributed by atoms with Crippen LogP contribution in [0, 0.1) is 13.8 Å². The number of benzene rings is 1. The fourth-order valence-corrected chi connectivity index (χ4v) is 2.89. The molecule has 130 valence electrons. The van der Waals surface area contributed by atoms with E-state index in [1.807, 2.05) is 40.7 Å². The molecule has 1 aromatic carbocycles. The number of carbonyl (C=O) groups excluding carboxylic acids is 1. The van der Waals surface area contributed by atoms with E-state index in [2.05, 4.69) is 12.2 Å². The van der Waals surface area contributed by atoms with Crippen molar-refractivity contribution in [2.24, 2.45) is 0 Å².